The van der Waals surface area contributed by atoms with Crippen LogP contribution < -0.4 is 0 Å². The second-order valence-corrected chi connectivity index (χ2v) is 9.92. The first-order valence-electron chi connectivity index (χ1n) is 10.6. The number of nitrogens with zero attached hydrogens (tertiary/aromatic N) is 6. The van der Waals surface area contributed by atoms with E-state index in [-0.39, 0.29) is 11.8 Å². The summed E-state index contributed by atoms with van der Waals surface area (Å²) < 4.78 is 4.36. The molecule has 3 aliphatic rings. The summed E-state index contributed by atoms with van der Waals surface area (Å²) in [5.41, 5.74) is 0. The lowest BCUT2D eigenvalue weighted by molar-refractivity contribution is -0.136. The smallest absolute Gasteiger partial charge is 0.233 e. The van der Waals surface area contributed by atoms with Crippen LogP contribution in [0.2, 0.25) is 0 Å². The van der Waals surface area contributed by atoms with Crippen molar-refractivity contribution in [1.82, 2.24) is 28.9 Å². The third kappa shape index (κ3) is 4.54. The van der Waals surface area contributed by atoms with Crippen LogP contribution in [0.15, 0.2) is 35.1 Å². The molecule has 3 heterocycles. The Kier molecular flexibility index (Phi) is 5.77. The minimum absolute atomic E-state index is 0.123. The number of piperazine rings is 1. The van der Waals surface area contributed by atoms with E-state index in [0.717, 1.165) is 10.3 Å². The van der Waals surface area contributed by atoms with Crippen molar-refractivity contribution < 1.29 is 9.59 Å². The average Bonchev–Trinajstić information content (AvgIpc) is 3.71. The lowest BCUT2D eigenvalue weighted by Crippen LogP contribution is -2.51. The molecular weight excluding hydrogens is 420 g/mol. The third-order valence-electron chi connectivity index (χ3n) is 5.78. The van der Waals surface area contributed by atoms with Crippen LogP contribution in [0.5, 0.6) is 0 Å². The zero-order chi connectivity index (χ0) is 20.5. The highest BCUT2D eigenvalue weighted by Gasteiger charge is 2.28. The molecule has 0 aromatic carbocycles. The van der Waals surface area contributed by atoms with Crippen molar-refractivity contribution in [1.29, 1.82) is 0 Å². The predicted octanol–water partition coefficient (Wildman–Crippen LogP) is 2.30. The summed E-state index contributed by atoms with van der Waals surface area (Å²) >= 11 is 3.03. The van der Waals surface area contributed by atoms with Gasteiger partial charge in [-0.2, -0.15) is 0 Å². The van der Waals surface area contributed by atoms with Crippen molar-refractivity contribution >= 4 is 35.3 Å². The van der Waals surface area contributed by atoms with Crippen molar-refractivity contribution in [3.63, 3.8) is 0 Å². The molecule has 2 aromatic heterocycles. The molecule has 2 aromatic rings. The van der Waals surface area contributed by atoms with Crippen LogP contribution in [0.25, 0.3) is 0 Å². The molecular formula is C20H26N6O2S2. The number of imidazole rings is 2. The maximum Gasteiger partial charge on any atom is 0.233 e. The van der Waals surface area contributed by atoms with E-state index in [1.807, 2.05) is 34.6 Å². The van der Waals surface area contributed by atoms with Gasteiger partial charge in [0.2, 0.25) is 11.8 Å². The Morgan fingerprint density at radius 1 is 0.767 bits per heavy atom. The number of carbonyl (C=O) groups is 2. The maximum atomic E-state index is 12.6. The molecule has 0 unspecified atom stereocenters. The van der Waals surface area contributed by atoms with E-state index in [1.165, 1.54) is 49.2 Å². The topological polar surface area (TPSA) is 76.3 Å². The molecule has 2 saturated carbocycles. The minimum atomic E-state index is 0.123. The molecule has 0 spiro atoms. The molecule has 1 saturated heterocycles. The van der Waals surface area contributed by atoms with E-state index < -0.39 is 0 Å². The van der Waals surface area contributed by atoms with Gasteiger partial charge < -0.3 is 18.9 Å². The standard InChI is InChI=1S/C20H26N6O2S2/c27-17(13-29-19-21-5-7-25(19)15-1-2-15)23-9-11-24(12-10-23)18(28)14-30-20-22-6-8-26(20)16-3-4-16/h5-8,15-16H,1-4,9-14H2. The molecule has 0 radical (unpaired) electrons. The van der Waals surface area contributed by atoms with Crippen molar-refractivity contribution in [2.45, 2.75) is 48.1 Å². The molecule has 10 heteroatoms. The second kappa shape index (κ2) is 8.66. The summed E-state index contributed by atoms with van der Waals surface area (Å²) in [6, 6.07) is 1.14. The van der Waals surface area contributed by atoms with E-state index in [9.17, 15) is 9.59 Å². The molecule has 0 atom stereocenters. The molecule has 30 heavy (non-hydrogen) atoms. The number of hydrogen-bond acceptors (Lipinski definition) is 6. The number of thioether (sulfide) groups is 2. The first kappa shape index (κ1) is 20.0. The van der Waals surface area contributed by atoms with Gasteiger partial charge in [0.1, 0.15) is 0 Å². The Morgan fingerprint density at radius 2 is 1.17 bits per heavy atom. The zero-order valence-corrected chi connectivity index (χ0v) is 18.5. The van der Waals surface area contributed by atoms with Gasteiger partial charge in [-0.05, 0) is 25.7 Å². The molecule has 1 aliphatic heterocycles. The van der Waals surface area contributed by atoms with E-state index in [4.69, 9.17) is 0 Å². The van der Waals surface area contributed by atoms with Crippen LogP contribution in [0.3, 0.4) is 0 Å². The summed E-state index contributed by atoms with van der Waals surface area (Å²) in [5, 5.41) is 1.86. The first-order chi connectivity index (χ1) is 14.7. The monoisotopic (exact) mass is 446 g/mol. The number of carbonyl (C=O) groups excluding carboxylic acids is 2. The molecule has 160 valence electrons. The zero-order valence-electron chi connectivity index (χ0n) is 16.9. The quantitative estimate of drug-likeness (QED) is 0.579. The van der Waals surface area contributed by atoms with E-state index in [1.54, 1.807) is 0 Å². The van der Waals surface area contributed by atoms with Gasteiger partial charge in [-0.15, -0.1) is 0 Å². The average molecular weight is 447 g/mol. The fourth-order valence-electron chi connectivity index (χ4n) is 3.72. The Morgan fingerprint density at radius 3 is 1.53 bits per heavy atom. The number of rotatable bonds is 8. The van der Waals surface area contributed by atoms with Gasteiger partial charge in [-0.1, -0.05) is 23.5 Å². The fraction of sp³-hybridized carbons (Fsp3) is 0.600. The maximum absolute atomic E-state index is 12.6. The minimum Gasteiger partial charge on any atom is -0.338 e. The van der Waals surface area contributed by atoms with Gasteiger partial charge in [0.05, 0.1) is 11.5 Å². The summed E-state index contributed by atoms with van der Waals surface area (Å²) in [5.74, 6) is 1.05. The van der Waals surface area contributed by atoms with Crippen LogP contribution in [-0.4, -0.2) is 78.4 Å². The fourth-order valence-corrected chi connectivity index (χ4v) is 5.58. The largest absolute Gasteiger partial charge is 0.338 e. The van der Waals surface area contributed by atoms with Gasteiger partial charge >= 0.3 is 0 Å². The Bertz CT molecular complexity index is 838. The third-order valence-corrected chi connectivity index (χ3v) is 7.71. The lowest BCUT2D eigenvalue weighted by Gasteiger charge is -2.34. The molecule has 2 aliphatic carbocycles. The molecule has 8 nitrogen and oxygen atoms in total. The van der Waals surface area contributed by atoms with E-state index in [2.05, 4.69) is 19.1 Å². The Hall–Kier alpha value is -1.94. The van der Waals surface area contributed by atoms with Gasteiger partial charge in [-0.3, -0.25) is 9.59 Å². The van der Waals surface area contributed by atoms with Crippen LogP contribution in [0, 0.1) is 0 Å². The number of amides is 2. The molecule has 0 N–H and O–H groups in total. The Balaban J connectivity index is 1.05. The van der Waals surface area contributed by atoms with E-state index in [0.29, 0.717) is 49.8 Å². The van der Waals surface area contributed by atoms with Gasteiger partial charge in [0, 0.05) is 63.1 Å². The normalized spacial score (nSPS) is 19.3. The summed E-state index contributed by atoms with van der Waals surface area (Å²) in [6.45, 7) is 2.40. The van der Waals surface area contributed by atoms with Gasteiger partial charge in [0.15, 0.2) is 10.3 Å². The van der Waals surface area contributed by atoms with Crippen molar-refractivity contribution in [3.05, 3.63) is 24.8 Å². The summed E-state index contributed by atoms with van der Waals surface area (Å²) in [4.78, 5) is 37.7. The predicted molar refractivity (Wildman–Crippen MR) is 116 cm³/mol. The van der Waals surface area contributed by atoms with Crippen molar-refractivity contribution in [2.75, 3.05) is 37.7 Å². The highest BCUT2D eigenvalue weighted by atomic mass is 32.2. The van der Waals surface area contributed by atoms with Crippen LogP contribution >= 0.6 is 23.5 Å². The lowest BCUT2D eigenvalue weighted by atomic mass is 10.3. The summed E-state index contributed by atoms with van der Waals surface area (Å²) in [6.07, 6.45) is 12.4. The van der Waals surface area contributed by atoms with Gasteiger partial charge in [0.25, 0.3) is 0 Å². The Labute approximate surface area is 184 Å². The van der Waals surface area contributed by atoms with Crippen LogP contribution in [0.4, 0.5) is 0 Å². The number of aromatic nitrogens is 4. The molecule has 0 bridgehead atoms. The highest BCUT2D eigenvalue weighted by molar-refractivity contribution is 8.00. The SMILES string of the molecule is O=C(CSc1nccn1C1CC1)N1CCN(C(=O)CSc2nccn2C2CC2)CC1. The first-order valence-corrected chi connectivity index (χ1v) is 12.5. The molecule has 3 fully saturated rings. The van der Waals surface area contributed by atoms with Crippen molar-refractivity contribution in [2.24, 2.45) is 0 Å². The highest BCUT2D eigenvalue weighted by Crippen LogP contribution is 2.38. The second-order valence-electron chi connectivity index (χ2n) is 8.04. The molecule has 2 amide bonds. The van der Waals surface area contributed by atoms with Crippen molar-refractivity contribution in [3.8, 4) is 0 Å². The van der Waals surface area contributed by atoms with Gasteiger partial charge in [-0.25, -0.2) is 9.97 Å². The van der Waals surface area contributed by atoms with Crippen LogP contribution in [-0.2, 0) is 9.59 Å². The summed E-state index contributed by atoms with van der Waals surface area (Å²) in [7, 11) is 0. The van der Waals surface area contributed by atoms with E-state index >= 15 is 0 Å². The molecule has 5 rings (SSSR count). The number of hydrogen-bond donors (Lipinski definition) is 0. The van der Waals surface area contributed by atoms with Crippen LogP contribution in [0.1, 0.15) is 37.8 Å².